The van der Waals surface area contributed by atoms with E-state index in [1.165, 1.54) is 12.1 Å². The van der Waals surface area contributed by atoms with E-state index in [4.69, 9.17) is 0 Å². The van der Waals surface area contributed by atoms with Crippen LogP contribution in [-0.2, 0) is 13.6 Å². The molecule has 2 rings (SSSR count). The minimum atomic E-state index is 0.615. The van der Waals surface area contributed by atoms with Crippen molar-refractivity contribution in [1.82, 2.24) is 14.8 Å². The van der Waals surface area contributed by atoms with Crippen molar-refractivity contribution in [2.75, 3.05) is 14.1 Å². The number of aryl methyl sites for hydroxylation is 1. The van der Waals surface area contributed by atoms with Crippen molar-refractivity contribution in [2.24, 2.45) is 18.0 Å². The summed E-state index contributed by atoms with van der Waals surface area (Å²) in [5.74, 6) is 1.77. The summed E-state index contributed by atoms with van der Waals surface area (Å²) in [7, 11) is 5.99. The average molecular weight is 234 g/mol. The van der Waals surface area contributed by atoms with Gasteiger partial charge < -0.3 is 14.8 Å². The summed E-state index contributed by atoms with van der Waals surface area (Å²) in [6, 6.07) is 4.83. The lowest BCUT2D eigenvalue weighted by Crippen LogP contribution is -2.40. The van der Waals surface area contributed by atoms with E-state index in [0.717, 1.165) is 18.4 Å². The molecular formula is C13H22N4. The van der Waals surface area contributed by atoms with E-state index >= 15 is 0 Å². The van der Waals surface area contributed by atoms with Crippen LogP contribution in [0.3, 0.4) is 0 Å². The monoisotopic (exact) mass is 234 g/mol. The molecule has 4 nitrogen and oxygen atoms in total. The van der Waals surface area contributed by atoms with Gasteiger partial charge in [0.1, 0.15) is 0 Å². The van der Waals surface area contributed by atoms with Gasteiger partial charge >= 0.3 is 0 Å². The summed E-state index contributed by atoms with van der Waals surface area (Å²) in [5.41, 5.74) is 1.29. The van der Waals surface area contributed by atoms with Crippen molar-refractivity contribution in [3.05, 3.63) is 24.0 Å². The van der Waals surface area contributed by atoms with E-state index < -0.39 is 0 Å². The molecule has 0 aliphatic heterocycles. The molecule has 1 aromatic heterocycles. The molecule has 0 aromatic carbocycles. The fraction of sp³-hybridized carbons (Fsp3) is 0.615. The predicted octanol–water partition coefficient (Wildman–Crippen LogP) is 1.44. The lowest BCUT2D eigenvalue weighted by Gasteiger charge is -2.22. The van der Waals surface area contributed by atoms with Crippen LogP contribution in [0.5, 0.6) is 0 Å². The van der Waals surface area contributed by atoms with Crippen LogP contribution in [0.4, 0.5) is 0 Å². The van der Waals surface area contributed by atoms with Crippen LogP contribution in [0, 0.1) is 5.92 Å². The number of nitrogens with zero attached hydrogens (tertiary/aromatic N) is 3. The van der Waals surface area contributed by atoms with Crippen LogP contribution in [0.1, 0.15) is 19.0 Å². The highest BCUT2D eigenvalue weighted by molar-refractivity contribution is 5.80. The Morgan fingerprint density at radius 1 is 1.65 bits per heavy atom. The number of hydrogen-bond acceptors (Lipinski definition) is 1. The topological polar surface area (TPSA) is 32.6 Å². The van der Waals surface area contributed by atoms with E-state index in [1.54, 1.807) is 0 Å². The fourth-order valence-electron chi connectivity index (χ4n) is 2.01. The Hall–Kier alpha value is -1.45. The summed E-state index contributed by atoms with van der Waals surface area (Å²) in [5, 5.41) is 3.49. The molecule has 1 heterocycles. The zero-order valence-electron chi connectivity index (χ0n) is 11.1. The minimum Gasteiger partial charge on any atom is -0.353 e. The zero-order valence-corrected chi connectivity index (χ0v) is 11.1. The Labute approximate surface area is 103 Å². The molecule has 2 atom stereocenters. The van der Waals surface area contributed by atoms with E-state index in [1.807, 2.05) is 7.05 Å². The first kappa shape index (κ1) is 12.0. The number of hydrogen-bond donors (Lipinski definition) is 1. The van der Waals surface area contributed by atoms with Gasteiger partial charge in [0.05, 0.1) is 6.54 Å². The lowest BCUT2D eigenvalue weighted by atomic mass is 10.4. The van der Waals surface area contributed by atoms with Gasteiger partial charge in [-0.1, -0.05) is 6.92 Å². The first-order valence-electron chi connectivity index (χ1n) is 6.16. The summed E-state index contributed by atoms with van der Waals surface area (Å²) in [4.78, 5) is 6.50. The molecule has 1 aromatic rings. The average Bonchev–Trinajstić information content (AvgIpc) is 2.85. The zero-order chi connectivity index (χ0) is 12.4. The first-order valence-corrected chi connectivity index (χ1v) is 6.16. The van der Waals surface area contributed by atoms with Crippen molar-refractivity contribution in [3.63, 3.8) is 0 Å². The molecule has 1 saturated carbocycles. The molecule has 94 valence electrons. The van der Waals surface area contributed by atoms with Gasteiger partial charge in [-0.2, -0.15) is 0 Å². The minimum absolute atomic E-state index is 0.615. The maximum Gasteiger partial charge on any atom is 0.193 e. The van der Waals surface area contributed by atoms with Crippen molar-refractivity contribution in [2.45, 2.75) is 25.9 Å². The molecule has 0 saturated heterocycles. The molecule has 1 aliphatic carbocycles. The fourth-order valence-corrected chi connectivity index (χ4v) is 2.01. The van der Waals surface area contributed by atoms with Gasteiger partial charge in [0, 0.05) is 39.1 Å². The largest absolute Gasteiger partial charge is 0.353 e. The molecule has 1 fully saturated rings. The summed E-state index contributed by atoms with van der Waals surface area (Å²) in [6.45, 7) is 3.15. The van der Waals surface area contributed by atoms with Crippen molar-refractivity contribution < 1.29 is 0 Å². The SMILES string of the molecule is CN=C(NC1CC1C)N(C)Cc1cccn1C. The van der Waals surface area contributed by atoms with Gasteiger partial charge in [0.25, 0.3) is 0 Å². The molecule has 0 spiro atoms. The highest BCUT2D eigenvalue weighted by Crippen LogP contribution is 2.29. The number of nitrogens with one attached hydrogen (secondary N) is 1. The Morgan fingerprint density at radius 3 is 2.82 bits per heavy atom. The number of aromatic nitrogens is 1. The van der Waals surface area contributed by atoms with Gasteiger partial charge in [-0.25, -0.2) is 0 Å². The summed E-state index contributed by atoms with van der Waals surface area (Å²) < 4.78 is 2.14. The smallest absolute Gasteiger partial charge is 0.193 e. The second kappa shape index (κ2) is 4.82. The van der Waals surface area contributed by atoms with E-state index in [0.29, 0.717) is 6.04 Å². The lowest BCUT2D eigenvalue weighted by molar-refractivity contribution is 0.460. The predicted molar refractivity (Wildman–Crippen MR) is 70.9 cm³/mol. The van der Waals surface area contributed by atoms with Crippen molar-refractivity contribution in [3.8, 4) is 0 Å². The van der Waals surface area contributed by atoms with Crippen LogP contribution < -0.4 is 5.32 Å². The van der Waals surface area contributed by atoms with Crippen LogP contribution in [0.15, 0.2) is 23.3 Å². The molecule has 1 N–H and O–H groups in total. The molecule has 2 unspecified atom stereocenters. The maximum absolute atomic E-state index is 4.33. The number of guanidine groups is 1. The Balaban J connectivity index is 1.93. The summed E-state index contributed by atoms with van der Waals surface area (Å²) >= 11 is 0. The Bertz CT molecular complexity index is 407. The maximum atomic E-state index is 4.33. The molecule has 4 heteroatoms. The molecule has 0 amide bonds. The van der Waals surface area contributed by atoms with Gasteiger partial charge in [0.2, 0.25) is 0 Å². The second-order valence-electron chi connectivity index (χ2n) is 4.98. The Kier molecular flexibility index (Phi) is 3.41. The molecule has 17 heavy (non-hydrogen) atoms. The standard InChI is InChI=1S/C13H22N4/c1-10-8-12(10)15-13(14-2)17(4)9-11-6-5-7-16(11)3/h5-7,10,12H,8-9H2,1-4H3,(H,14,15). The Morgan fingerprint density at radius 2 is 2.35 bits per heavy atom. The number of aliphatic imine (C=N–C) groups is 1. The third-order valence-corrected chi connectivity index (χ3v) is 3.45. The van der Waals surface area contributed by atoms with Gasteiger partial charge in [-0.05, 0) is 24.5 Å². The van der Waals surface area contributed by atoms with Gasteiger partial charge in [0.15, 0.2) is 5.96 Å². The molecule has 0 bridgehead atoms. The van der Waals surface area contributed by atoms with E-state index in [2.05, 4.69) is 59.1 Å². The third kappa shape index (κ3) is 2.81. The van der Waals surface area contributed by atoms with Gasteiger partial charge in [-0.3, -0.25) is 4.99 Å². The normalized spacial score (nSPS) is 23.6. The van der Waals surface area contributed by atoms with E-state index in [-0.39, 0.29) is 0 Å². The van der Waals surface area contributed by atoms with Crippen LogP contribution in [0.25, 0.3) is 0 Å². The van der Waals surface area contributed by atoms with Gasteiger partial charge in [-0.15, -0.1) is 0 Å². The number of rotatable bonds is 3. The quantitative estimate of drug-likeness (QED) is 0.634. The van der Waals surface area contributed by atoms with Crippen molar-refractivity contribution >= 4 is 5.96 Å². The summed E-state index contributed by atoms with van der Waals surface area (Å²) in [6.07, 6.45) is 3.33. The second-order valence-corrected chi connectivity index (χ2v) is 4.98. The van der Waals surface area contributed by atoms with Crippen LogP contribution >= 0.6 is 0 Å². The first-order chi connectivity index (χ1) is 8.11. The molecule has 1 aliphatic rings. The van der Waals surface area contributed by atoms with Crippen molar-refractivity contribution in [1.29, 1.82) is 0 Å². The molecular weight excluding hydrogens is 212 g/mol. The highest BCUT2D eigenvalue weighted by Gasteiger charge is 2.33. The molecule has 0 radical (unpaired) electrons. The highest BCUT2D eigenvalue weighted by atomic mass is 15.3. The third-order valence-electron chi connectivity index (χ3n) is 3.45. The van der Waals surface area contributed by atoms with Crippen LogP contribution in [0.2, 0.25) is 0 Å². The van der Waals surface area contributed by atoms with Crippen LogP contribution in [-0.4, -0.2) is 35.6 Å². The van der Waals surface area contributed by atoms with E-state index in [9.17, 15) is 0 Å².